The van der Waals surface area contributed by atoms with Crippen LogP contribution in [0, 0.1) is 13.8 Å². The molecule has 0 saturated carbocycles. The van der Waals surface area contributed by atoms with E-state index in [1.165, 1.54) is 0 Å². The molecule has 0 saturated heterocycles. The summed E-state index contributed by atoms with van der Waals surface area (Å²) in [5.41, 5.74) is 2.96. The van der Waals surface area contributed by atoms with E-state index in [0.29, 0.717) is 36.1 Å². The number of hydrogen-bond acceptors (Lipinski definition) is 5. The molecule has 7 nitrogen and oxygen atoms in total. The fourth-order valence-corrected chi connectivity index (χ4v) is 4.21. The summed E-state index contributed by atoms with van der Waals surface area (Å²) in [6.45, 7) is 6.33. The fourth-order valence-electron chi connectivity index (χ4n) is 3.04. The number of benzene rings is 2. The molecule has 150 valence electrons. The molecule has 0 bridgehead atoms. The Labute approximate surface area is 165 Å². The summed E-state index contributed by atoms with van der Waals surface area (Å²) in [4.78, 5) is 12.8. The molecule has 0 aliphatic carbocycles. The highest BCUT2D eigenvalue weighted by Gasteiger charge is 2.29. The van der Waals surface area contributed by atoms with E-state index in [1.54, 1.807) is 37.3 Å². The number of anilines is 2. The van der Waals surface area contributed by atoms with Gasteiger partial charge in [-0.3, -0.25) is 9.10 Å². The smallest absolute Gasteiger partial charge is 0.247 e. The monoisotopic (exact) mass is 404 g/mol. The third kappa shape index (κ3) is 4.22. The first-order valence-corrected chi connectivity index (χ1v) is 10.8. The number of ether oxygens (including phenoxy) is 2. The molecule has 2 aromatic carbocycles. The van der Waals surface area contributed by atoms with Gasteiger partial charge in [0.15, 0.2) is 11.5 Å². The molecule has 0 unspecified atom stereocenters. The topological polar surface area (TPSA) is 84.9 Å². The third-order valence-electron chi connectivity index (χ3n) is 4.64. The van der Waals surface area contributed by atoms with E-state index in [4.69, 9.17) is 9.47 Å². The second-order valence-electron chi connectivity index (χ2n) is 6.85. The van der Waals surface area contributed by atoms with Crippen molar-refractivity contribution < 1.29 is 22.7 Å². The van der Waals surface area contributed by atoms with Crippen LogP contribution < -0.4 is 19.1 Å². The molecule has 2 aromatic rings. The minimum absolute atomic E-state index is 0.440. The number of rotatable bonds is 5. The Morgan fingerprint density at radius 3 is 2.36 bits per heavy atom. The molecule has 0 fully saturated rings. The van der Waals surface area contributed by atoms with Crippen molar-refractivity contribution in [2.24, 2.45) is 0 Å². The summed E-state index contributed by atoms with van der Waals surface area (Å²) in [7, 11) is -3.67. The largest absolute Gasteiger partial charge is 0.486 e. The van der Waals surface area contributed by atoms with Crippen LogP contribution in [0.15, 0.2) is 36.4 Å². The molecule has 1 amide bonds. The Morgan fingerprint density at radius 1 is 1.04 bits per heavy atom. The van der Waals surface area contributed by atoms with E-state index in [-0.39, 0.29) is 0 Å². The standard InChI is InChI=1S/C20H24N2O5S/c1-13-5-7-17(11-14(13)2)22(28(4,24)25)15(3)20(23)21-16-6-8-18-19(12-16)27-10-9-26-18/h5-8,11-12,15H,9-10H2,1-4H3,(H,21,23)/t15-/m1/s1. The fraction of sp³-hybridized carbons (Fsp3) is 0.350. The highest BCUT2D eigenvalue weighted by molar-refractivity contribution is 7.92. The average Bonchev–Trinajstić information content (AvgIpc) is 2.63. The lowest BCUT2D eigenvalue weighted by Gasteiger charge is -2.29. The molecule has 3 rings (SSSR count). The van der Waals surface area contributed by atoms with Crippen molar-refractivity contribution in [1.82, 2.24) is 0 Å². The van der Waals surface area contributed by atoms with Crippen molar-refractivity contribution in [3.05, 3.63) is 47.5 Å². The predicted molar refractivity (Wildman–Crippen MR) is 109 cm³/mol. The van der Waals surface area contributed by atoms with Crippen LogP contribution in [0.25, 0.3) is 0 Å². The molecule has 1 N–H and O–H groups in total. The number of carbonyl (C=O) groups excluding carboxylic acids is 1. The van der Waals surface area contributed by atoms with Gasteiger partial charge in [-0.05, 0) is 56.2 Å². The van der Waals surface area contributed by atoms with Crippen LogP contribution >= 0.6 is 0 Å². The molecular weight excluding hydrogens is 380 g/mol. The SMILES string of the molecule is Cc1ccc(N([C@H](C)C(=O)Nc2ccc3c(c2)OCCO3)S(C)(=O)=O)cc1C. The van der Waals surface area contributed by atoms with E-state index in [9.17, 15) is 13.2 Å². The zero-order valence-electron chi connectivity index (χ0n) is 16.4. The maximum Gasteiger partial charge on any atom is 0.247 e. The van der Waals surface area contributed by atoms with Gasteiger partial charge >= 0.3 is 0 Å². The first kappa shape index (κ1) is 20.0. The van der Waals surface area contributed by atoms with Gasteiger partial charge in [0.25, 0.3) is 0 Å². The maximum absolute atomic E-state index is 12.8. The van der Waals surface area contributed by atoms with Crippen LogP contribution in [-0.4, -0.2) is 39.8 Å². The summed E-state index contributed by atoms with van der Waals surface area (Å²) >= 11 is 0. The van der Waals surface area contributed by atoms with Crippen LogP contribution in [0.2, 0.25) is 0 Å². The number of amides is 1. The number of aryl methyl sites for hydroxylation is 2. The molecule has 0 radical (unpaired) electrons. The number of hydrogen-bond donors (Lipinski definition) is 1. The molecule has 28 heavy (non-hydrogen) atoms. The Hall–Kier alpha value is -2.74. The quantitative estimate of drug-likeness (QED) is 0.828. The maximum atomic E-state index is 12.8. The van der Waals surface area contributed by atoms with E-state index in [0.717, 1.165) is 21.7 Å². The molecule has 0 aromatic heterocycles. The average molecular weight is 404 g/mol. The van der Waals surface area contributed by atoms with Gasteiger partial charge in [0.2, 0.25) is 15.9 Å². The van der Waals surface area contributed by atoms with Gasteiger partial charge in [-0.15, -0.1) is 0 Å². The molecule has 1 heterocycles. The van der Waals surface area contributed by atoms with Crippen LogP contribution in [0.5, 0.6) is 11.5 Å². The Bertz CT molecular complexity index is 1000. The number of nitrogens with zero attached hydrogens (tertiary/aromatic N) is 1. The highest BCUT2D eigenvalue weighted by Crippen LogP contribution is 2.33. The lowest BCUT2D eigenvalue weighted by atomic mass is 10.1. The Balaban J connectivity index is 1.85. The van der Waals surface area contributed by atoms with Gasteiger partial charge in [0.1, 0.15) is 19.3 Å². The first-order valence-electron chi connectivity index (χ1n) is 8.94. The van der Waals surface area contributed by atoms with E-state index >= 15 is 0 Å². The normalized spacial score (nSPS) is 14.3. The van der Waals surface area contributed by atoms with Crippen molar-refractivity contribution in [3.8, 4) is 11.5 Å². The predicted octanol–water partition coefficient (Wildman–Crippen LogP) is 2.87. The third-order valence-corrected chi connectivity index (χ3v) is 5.88. The minimum Gasteiger partial charge on any atom is -0.486 e. The Morgan fingerprint density at radius 2 is 1.71 bits per heavy atom. The summed E-state index contributed by atoms with van der Waals surface area (Å²) in [6.07, 6.45) is 1.09. The second-order valence-corrected chi connectivity index (χ2v) is 8.71. The van der Waals surface area contributed by atoms with Gasteiger partial charge in [-0.1, -0.05) is 6.07 Å². The molecule has 1 aliphatic rings. The summed E-state index contributed by atoms with van der Waals surface area (Å²) < 4.78 is 37.0. The summed E-state index contributed by atoms with van der Waals surface area (Å²) in [6, 6.07) is 9.45. The van der Waals surface area contributed by atoms with Crippen molar-refractivity contribution in [2.45, 2.75) is 26.8 Å². The van der Waals surface area contributed by atoms with Gasteiger partial charge in [-0.2, -0.15) is 0 Å². The number of nitrogens with one attached hydrogen (secondary N) is 1. The zero-order valence-corrected chi connectivity index (χ0v) is 17.2. The lowest BCUT2D eigenvalue weighted by Crippen LogP contribution is -2.45. The second kappa shape index (κ2) is 7.71. The van der Waals surface area contributed by atoms with Crippen molar-refractivity contribution in [3.63, 3.8) is 0 Å². The van der Waals surface area contributed by atoms with Crippen LogP contribution in [-0.2, 0) is 14.8 Å². The lowest BCUT2D eigenvalue weighted by molar-refractivity contribution is -0.116. The summed E-state index contributed by atoms with van der Waals surface area (Å²) in [5.74, 6) is 0.719. The van der Waals surface area contributed by atoms with Crippen LogP contribution in [0.3, 0.4) is 0 Å². The van der Waals surface area contributed by atoms with Gasteiger partial charge in [0, 0.05) is 11.8 Å². The molecule has 1 atom stereocenters. The highest BCUT2D eigenvalue weighted by atomic mass is 32.2. The van der Waals surface area contributed by atoms with E-state index in [2.05, 4.69) is 5.32 Å². The van der Waals surface area contributed by atoms with E-state index < -0.39 is 22.0 Å². The zero-order chi connectivity index (χ0) is 20.5. The molecule has 0 spiro atoms. The number of carbonyl (C=O) groups is 1. The summed E-state index contributed by atoms with van der Waals surface area (Å²) in [5, 5.41) is 2.76. The van der Waals surface area contributed by atoms with Gasteiger partial charge < -0.3 is 14.8 Å². The molecular formula is C20H24N2O5S. The van der Waals surface area contributed by atoms with Crippen molar-refractivity contribution in [2.75, 3.05) is 29.1 Å². The number of fused-ring (bicyclic) bond motifs is 1. The van der Waals surface area contributed by atoms with Crippen LogP contribution in [0.4, 0.5) is 11.4 Å². The first-order chi connectivity index (χ1) is 13.2. The molecule has 1 aliphatic heterocycles. The minimum atomic E-state index is -3.67. The number of sulfonamides is 1. The Kier molecular flexibility index (Phi) is 5.51. The van der Waals surface area contributed by atoms with Gasteiger partial charge in [0.05, 0.1) is 11.9 Å². The van der Waals surface area contributed by atoms with E-state index in [1.807, 2.05) is 19.9 Å². The van der Waals surface area contributed by atoms with Crippen molar-refractivity contribution >= 4 is 27.3 Å². The van der Waals surface area contributed by atoms with Crippen molar-refractivity contribution in [1.29, 1.82) is 0 Å². The van der Waals surface area contributed by atoms with Crippen LogP contribution in [0.1, 0.15) is 18.1 Å². The molecule has 8 heteroatoms. The van der Waals surface area contributed by atoms with Gasteiger partial charge in [-0.25, -0.2) is 8.42 Å².